The van der Waals surface area contributed by atoms with E-state index < -0.39 is 0 Å². The van der Waals surface area contributed by atoms with Crippen LogP contribution in [0.3, 0.4) is 0 Å². The fraction of sp³-hybridized carbons (Fsp3) is 0.235. The van der Waals surface area contributed by atoms with Crippen molar-refractivity contribution in [2.45, 2.75) is 25.4 Å². The van der Waals surface area contributed by atoms with Gasteiger partial charge in [0, 0.05) is 12.0 Å². The number of rotatable bonds is 5. The quantitative estimate of drug-likeness (QED) is 0.728. The highest BCUT2D eigenvalue weighted by molar-refractivity contribution is 6.42. The van der Waals surface area contributed by atoms with Gasteiger partial charge in [0.2, 0.25) is 0 Å². The first-order valence-electron chi connectivity index (χ1n) is 6.85. The van der Waals surface area contributed by atoms with Crippen LogP contribution in [0.15, 0.2) is 42.5 Å². The maximum absolute atomic E-state index is 12.3. The van der Waals surface area contributed by atoms with Gasteiger partial charge in [0.15, 0.2) is 5.78 Å². The molecule has 0 amide bonds. The van der Waals surface area contributed by atoms with Gasteiger partial charge in [-0.2, -0.15) is 0 Å². The van der Waals surface area contributed by atoms with E-state index >= 15 is 0 Å². The Balaban J connectivity index is 1.73. The van der Waals surface area contributed by atoms with Crippen LogP contribution in [0.5, 0.6) is 5.75 Å². The minimum Gasteiger partial charge on any atom is -0.490 e. The van der Waals surface area contributed by atoms with Crippen LogP contribution in [0.25, 0.3) is 0 Å². The number of ether oxygens (including phenoxy) is 1. The number of benzene rings is 2. The molecular weight excluding hydrogens is 307 g/mol. The van der Waals surface area contributed by atoms with Gasteiger partial charge in [0.25, 0.3) is 0 Å². The second kappa shape index (κ2) is 6.08. The van der Waals surface area contributed by atoms with Crippen molar-refractivity contribution in [2.24, 2.45) is 0 Å². The molecule has 2 aromatic rings. The van der Waals surface area contributed by atoms with E-state index in [4.69, 9.17) is 27.9 Å². The smallest absolute Gasteiger partial charge is 0.167 e. The highest BCUT2D eigenvalue weighted by atomic mass is 35.5. The summed E-state index contributed by atoms with van der Waals surface area (Å²) >= 11 is 11.8. The standard InChI is InChI=1S/C17H14Cl2O2/c18-15-7-4-11(8-16(15)19)9-17(20)12-2-1-3-14(10-12)21-13-5-6-13/h1-4,7-8,10,13H,5-6,9H2. The summed E-state index contributed by atoms with van der Waals surface area (Å²) in [6, 6.07) is 12.6. The van der Waals surface area contributed by atoms with Gasteiger partial charge in [0.1, 0.15) is 5.75 Å². The second-order valence-electron chi connectivity index (χ2n) is 5.19. The van der Waals surface area contributed by atoms with Gasteiger partial charge in [-0.15, -0.1) is 0 Å². The number of Topliss-reactive ketones (excluding diaryl/α,β-unsaturated/α-hetero) is 1. The summed E-state index contributed by atoms with van der Waals surface area (Å²) in [7, 11) is 0. The molecule has 108 valence electrons. The zero-order valence-corrected chi connectivity index (χ0v) is 12.8. The summed E-state index contributed by atoms with van der Waals surface area (Å²) in [4.78, 5) is 12.3. The third-order valence-corrected chi connectivity index (χ3v) is 4.07. The van der Waals surface area contributed by atoms with Gasteiger partial charge in [-0.25, -0.2) is 0 Å². The van der Waals surface area contributed by atoms with Crippen LogP contribution in [0.4, 0.5) is 0 Å². The van der Waals surface area contributed by atoms with Crippen LogP contribution in [-0.4, -0.2) is 11.9 Å². The van der Waals surface area contributed by atoms with E-state index in [2.05, 4.69) is 0 Å². The van der Waals surface area contributed by atoms with Gasteiger partial charge in [-0.1, -0.05) is 41.4 Å². The Kier molecular flexibility index (Phi) is 4.18. The first-order chi connectivity index (χ1) is 10.1. The summed E-state index contributed by atoms with van der Waals surface area (Å²) in [5.74, 6) is 0.798. The van der Waals surface area contributed by atoms with Gasteiger partial charge in [-0.3, -0.25) is 4.79 Å². The molecule has 0 heterocycles. The van der Waals surface area contributed by atoms with E-state index in [0.717, 1.165) is 24.2 Å². The highest BCUT2D eigenvalue weighted by Gasteiger charge is 2.23. The lowest BCUT2D eigenvalue weighted by atomic mass is 10.0. The maximum Gasteiger partial charge on any atom is 0.167 e. The van der Waals surface area contributed by atoms with Gasteiger partial charge in [0.05, 0.1) is 16.1 Å². The van der Waals surface area contributed by atoms with Gasteiger partial charge >= 0.3 is 0 Å². The third kappa shape index (κ3) is 3.78. The summed E-state index contributed by atoms with van der Waals surface area (Å²) in [5, 5.41) is 0.959. The third-order valence-electron chi connectivity index (χ3n) is 3.33. The molecule has 1 saturated carbocycles. The summed E-state index contributed by atoms with van der Waals surface area (Å²) in [5.41, 5.74) is 1.50. The number of halogens is 2. The van der Waals surface area contributed by atoms with Crippen LogP contribution in [0.2, 0.25) is 10.0 Å². The molecule has 0 spiro atoms. The fourth-order valence-corrected chi connectivity index (χ4v) is 2.38. The van der Waals surface area contributed by atoms with E-state index in [9.17, 15) is 4.79 Å². The lowest BCUT2D eigenvalue weighted by Crippen LogP contribution is -2.04. The van der Waals surface area contributed by atoms with Gasteiger partial charge in [-0.05, 0) is 42.7 Å². The Bertz CT molecular complexity index is 678. The summed E-state index contributed by atoms with van der Waals surface area (Å²) < 4.78 is 5.71. The van der Waals surface area contributed by atoms with E-state index in [1.807, 2.05) is 18.2 Å². The maximum atomic E-state index is 12.3. The number of carbonyl (C=O) groups is 1. The predicted molar refractivity (Wildman–Crippen MR) is 84.6 cm³/mol. The van der Waals surface area contributed by atoms with Crippen molar-refractivity contribution in [3.8, 4) is 5.75 Å². The van der Waals surface area contributed by atoms with Crippen molar-refractivity contribution in [1.29, 1.82) is 0 Å². The molecule has 2 nitrogen and oxygen atoms in total. The van der Waals surface area contributed by atoms with Crippen LogP contribution < -0.4 is 4.74 Å². The van der Waals surface area contributed by atoms with Crippen molar-refractivity contribution in [3.63, 3.8) is 0 Å². The number of ketones is 1. The molecule has 0 atom stereocenters. The number of hydrogen-bond acceptors (Lipinski definition) is 2. The largest absolute Gasteiger partial charge is 0.490 e. The van der Waals surface area contributed by atoms with Crippen molar-refractivity contribution in [3.05, 3.63) is 63.6 Å². The average Bonchev–Trinajstić information content (AvgIpc) is 3.27. The monoisotopic (exact) mass is 320 g/mol. The van der Waals surface area contributed by atoms with E-state index in [1.54, 1.807) is 24.3 Å². The Morgan fingerprint density at radius 3 is 2.62 bits per heavy atom. The van der Waals surface area contributed by atoms with Crippen LogP contribution >= 0.6 is 23.2 Å². The molecule has 2 aromatic carbocycles. The normalized spacial score (nSPS) is 14.0. The molecule has 21 heavy (non-hydrogen) atoms. The fourth-order valence-electron chi connectivity index (χ4n) is 2.06. The molecule has 1 fully saturated rings. The van der Waals surface area contributed by atoms with E-state index in [0.29, 0.717) is 28.1 Å². The first kappa shape index (κ1) is 14.4. The topological polar surface area (TPSA) is 26.3 Å². The Labute approximate surface area is 133 Å². The SMILES string of the molecule is O=C(Cc1ccc(Cl)c(Cl)c1)c1cccc(OC2CC2)c1. The molecule has 0 radical (unpaired) electrons. The summed E-state index contributed by atoms with van der Waals surface area (Å²) in [6.45, 7) is 0. The Hall–Kier alpha value is -1.51. The zero-order chi connectivity index (χ0) is 14.8. The molecule has 0 aliphatic heterocycles. The van der Waals surface area contributed by atoms with Crippen molar-refractivity contribution < 1.29 is 9.53 Å². The molecule has 0 bridgehead atoms. The lowest BCUT2D eigenvalue weighted by molar-refractivity contribution is 0.0992. The summed E-state index contributed by atoms with van der Waals surface area (Å²) in [6.07, 6.45) is 2.82. The first-order valence-corrected chi connectivity index (χ1v) is 7.61. The van der Waals surface area contributed by atoms with Crippen molar-refractivity contribution in [1.82, 2.24) is 0 Å². The number of carbonyl (C=O) groups excluding carboxylic acids is 1. The highest BCUT2D eigenvalue weighted by Crippen LogP contribution is 2.27. The molecule has 1 aliphatic rings. The van der Waals surface area contributed by atoms with Crippen LogP contribution in [0.1, 0.15) is 28.8 Å². The molecule has 1 aliphatic carbocycles. The lowest BCUT2D eigenvalue weighted by Gasteiger charge is -2.07. The molecular formula is C17H14Cl2O2. The molecule has 0 saturated heterocycles. The number of hydrogen-bond donors (Lipinski definition) is 0. The predicted octanol–water partition coefficient (Wildman–Crippen LogP) is 4.96. The van der Waals surface area contributed by atoms with E-state index in [1.165, 1.54) is 0 Å². The zero-order valence-electron chi connectivity index (χ0n) is 11.3. The molecule has 4 heteroatoms. The van der Waals surface area contributed by atoms with Crippen molar-refractivity contribution in [2.75, 3.05) is 0 Å². The Morgan fingerprint density at radius 1 is 1.10 bits per heavy atom. The average molecular weight is 321 g/mol. The second-order valence-corrected chi connectivity index (χ2v) is 6.01. The minimum atomic E-state index is 0.0367. The molecule has 3 rings (SSSR count). The molecule has 0 N–H and O–H groups in total. The van der Waals surface area contributed by atoms with Gasteiger partial charge < -0.3 is 4.74 Å². The molecule has 0 aromatic heterocycles. The van der Waals surface area contributed by atoms with Crippen molar-refractivity contribution >= 4 is 29.0 Å². The van der Waals surface area contributed by atoms with Crippen LogP contribution in [-0.2, 0) is 6.42 Å². The molecule has 0 unspecified atom stereocenters. The van der Waals surface area contributed by atoms with Crippen LogP contribution in [0, 0.1) is 0 Å². The minimum absolute atomic E-state index is 0.0367. The Morgan fingerprint density at radius 2 is 1.90 bits per heavy atom. The van der Waals surface area contributed by atoms with E-state index in [-0.39, 0.29) is 5.78 Å².